The molecule has 0 fully saturated rings. The predicted octanol–water partition coefficient (Wildman–Crippen LogP) is 3.77. The Morgan fingerprint density at radius 2 is 1.52 bits per heavy atom. The number of rotatable bonds is 7. The standard InChI is InChI=1S/C26H23NO6/c1-27(16-18-7-3-2-4-8-18)25(29)20-9-5-6-10-21(20)26(30)33-17-22(28)19-11-12-23-24(15-19)32-14-13-31-23/h2-12,15H,13-14,16-17H2,1H3. The molecule has 3 aromatic carbocycles. The van der Waals surface area contributed by atoms with Crippen LogP contribution in [0.2, 0.25) is 0 Å². The van der Waals surface area contributed by atoms with Crippen molar-refractivity contribution in [1.82, 2.24) is 4.90 Å². The number of fused-ring (bicyclic) bond motifs is 1. The largest absolute Gasteiger partial charge is 0.486 e. The molecule has 0 N–H and O–H groups in total. The molecule has 168 valence electrons. The Kier molecular flexibility index (Phi) is 6.69. The van der Waals surface area contributed by atoms with E-state index in [0.717, 1.165) is 5.56 Å². The maximum Gasteiger partial charge on any atom is 0.339 e. The van der Waals surface area contributed by atoms with E-state index in [0.29, 0.717) is 36.8 Å². The highest BCUT2D eigenvalue weighted by Gasteiger charge is 2.22. The van der Waals surface area contributed by atoms with Crippen molar-refractivity contribution in [3.63, 3.8) is 0 Å². The van der Waals surface area contributed by atoms with Crippen LogP contribution < -0.4 is 9.47 Å². The van der Waals surface area contributed by atoms with Crippen LogP contribution in [0.15, 0.2) is 72.8 Å². The summed E-state index contributed by atoms with van der Waals surface area (Å²) >= 11 is 0. The van der Waals surface area contributed by atoms with E-state index in [1.165, 1.54) is 11.0 Å². The molecular formula is C26H23NO6. The number of esters is 1. The summed E-state index contributed by atoms with van der Waals surface area (Å²) in [6.07, 6.45) is 0. The monoisotopic (exact) mass is 445 g/mol. The molecule has 33 heavy (non-hydrogen) atoms. The highest BCUT2D eigenvalue weighted by Crippen LogP contribution is 2.30. The molecule has 7 nitrogen and oxygen atoms in total. The fourth-order valence-electron chi connectivity index (χ4n) is 3.49. The van der Waals surface area contributed by atoms with Crippen LogP contribution in [0.3, 0.4) is 0 Å². The lowest BCUT2D eigenvalue weighted by Gasteiger charge is -2.19. The van der Waals surface area contributed by atoms with Gasteiger partial charge in [0.1, 0.15) is 13.2 Å². The fourth-order valence-corrected chi connectivity index (χ4v) is 3.49. The van der Waals surface area contributed by atoms with E-state index in [-0.39, 0.29) is 22.8 Å². The average molecular weight is 445 g/mol. The summed E-state index contributed by atoms with van der Waals surface area (Å²) in [6.45, 7) is 0.798. The van der Waals surface area contributed by atoms with Crippen LogP contribution in [0.25, 0.3) is 0 Å². The summed E-state index contributed by atoms with van der Waals surface area (Å²) in [6, 6.07) is 20.8. The Morgan fingerprint density at radius 3 is 2.27 bits per heavy atom. The number of benzene rings is 3. The minimum Gasteiger partial charge on any atom is -0.486 e. The Labute approximate surface area is 191 Å². The van der Waals surface area contributed by atoms with Gasteiger partial charge in [-0.15, -0.1) is 0 Å². The third-order valence-electron chi connectivity index (χ3n) is 5.19. The molecule has 0 radical (unpaired) electrons. The molecule has 0 spiro atoms. The summed E-state index contributed by atoms with van der Waals surface area (Å²) in [5.41, 5.74) is 1.64. The Morgan fingerprint density at radius 1 is 0.848 bits per heavy atom. The number of Topliss-reactive ketones (excluding diaryl/α,β-unsaturated/α-hetero) is 1. The van der Waals surface area contributed by atoms with Crippen LogP contribution in [-0.4, -0.2) is 49.4 Å². The normalized spacial score (nSPS) is 12.0. The van der Waals surface area contributed by atoms with Gasteiger partial charge in [0.2, 0.25) is 0 Å². The minimum atomic E-state index is -0.738. The first-order chi connectivity index (χ1) is 16.0. The molecule has 1 aliphatic heterocycles. The van der Waals surface area contributed by atoms with Crippen LogP contribution in [0, 0.1) is 0 Å². The molecule has 0 aromatic heterocycles. The van der Waals surface area contributed by atoms with Crippen molar-refractivity contribution < 1.29 is 28.6 Å². The van der Waals surface area contributed by atoms with Gasteiger partial charge in [-0.05, 0) is 35.9 Å². The molecule has 1 heterocycles. The molecule has 1 aliphatic rings. The number of carbonyl (C=O) groups is 3. The molecular weight excluding hydrogens is 422 g/mol. The number of amides is 1. The first-order valence-electron chi connectivity index (χ1n) is 10.5. The van der Waals surface area contributed by atoms with Gasteiger partial charge in [-0.25, -0.2) is 4.79 Å². The van der Waals surface area contributed by atoms with Gasteiger partial charge in [0.25, 0.3) is 5.91 Å². The van der Waals surface area contributed by atoms with Crippen molar-refractivity contribution in [2.24, 2.45) is 0 Å². The van der Waals surface area contributed by atoms with Gasteiger partial charge in [-0.1, -0.05) is 42.5 Å². The summed E-state index contributed by atoms with van der Waals surface area (Å²) in [7, 11) is 1.67. The number of nitrogens with zero attached hydrogens (tertiary/aromatic N) is 1. The SMILES string of the molecule is CN(Cc1ccccc1)C(=O)c1ccccc1C(=O)OCC(=O)c1ccc2c(c1)OCCO2. The minimum absolute atomic E-state index is 0.109. The van der Waals surface area contributed by atoms with Crippen molar-refractivity contribution in [3.8, 4) is 11.5 Å². The van der Waals surface area contributed by atoms with E-state index >= 15 is 0 Å². The topological polar surface area (TPSA) is 82.1 Å². The third kappa shape index (κ3) is 5.20. The summed E-state index contributed by atoms with van der Waals surface area (Å²) in [5, 5.41) is 0. The average Bonchev–Trinajstić information content (AvgIpc) is 2.86. The smallest absolute Gasteiger partial charge is 0.339 e. The molecule has 1 amide bonds. The Hall–Kier alpha value is -4.13. The zero-order valence-electron chi connectivity index (χ0n) is 18.2. The molecule has 7 heteroatoms. The number of ether oxygens (including phenoxy) is 3. The quantitative estimate of drug-likeness (QED) is 0.407. The molecule has 0 saturated carbocycles. The lowest BCUT2D eigenvalue weighted by Crippen LogP contribution is -2.28. The van der Waals surface area contributed by atoms with Gasteiger partial charge in [0, 0.05) is 19.2 Å². The molecule has 4 rings (SSSR count). The first-order valence-corrected chi connectivity index (χ1v) is 10.5. The highest BCUT2D eigenvalue weighted by molar-refractivity contribution is 6.06. The van der Waals surface area contributed by atoms with Crippen LogP contribution >= 0.6 is 0 Å². The molecule has 0 bridgehead atoms. The van der Waals surface area contributed by atoms with Crippen molar-refractivity contribution in [1.29, 1.82) is 0 Å². The van der Waals surface area contributed by atoms with Crippen molar-refractivity contribution in [2.75, 3.05) is 26.9 Å². The fraction of sp³-hybridized carbons (Fsp3) is 0.192. The van der Waals surface area contributed by atoms with Gasteiger partial charge in [-0.2, -0.15) is 0 Å². The zero-order chi connectivity index (χ0) is 23.2. The highest BCUT2D eigenvalue weighted by atomic mass is 16.6. The van der Waals surface area contributed by atoms with E-state index < -0.39 is 12.6 Å². The van der Waals surface area contributed by atoms with Gasteiger partial charge in [-0.3, -0.25) is 9.59 Å². The Bertz CT molecular complexity index is 1170. The zero-order valence-corrected chi connectivity index (χ0v) is 18.2. The van der Waals surface area contributed by atoms with Gasteiger partial charge in [0.05, 0.1) is 11.1 Å². The second-order valence-corrected chi connectivity index (χ2v) is 7.55. The molecule has 0 saturated heterocycles. The van der Waals surface area contributed by atoms with Crippen molar-refractivity contribution in [3.05, 3.63) is 95.1 Å². The van der Waals surface area contributed by atoms with E-state index in [1.807, 2.05) is 30.3 Å². The maximum atomic E-state index is 13.0. The van der Waals surface area contributed by atoms with E-state index in [2.05, 4.69) is 0 Å². The second kappa shape index (κ2) is 9.99. The molecule has 3 aromatic rings. The number of hydrogen-bond donors (Lipinski definition) is 0. The van der Waals surface area contributed by atoms with Crippen LogP contribution in [0.4, 0.5) is 0 Å². The summed E-state index contributed by atoms with van der Waals surface area (Å²) in [4.78, 5) is 39.8. The van der Waals surface area contributed by atoms with E-state index in [1.54, 1.807) is 43.4 Å². The number of ketones is 1. The van der Waals surface area contributed by atoms with Crippen LogP contribution in [-0.2, 0) is 11.3 Å². The maximum absolute atomic E-state index is 13.0. The second-order valence-electron chi connectivity index (χ2n) is 7.55. The molecule has 0 aliphatic carbocycles. The number of hydrogen-bond acceptors (Lipinski definition) is 6. The van der Waals surface area contributed by atoms with E-state index in [4.69, 9.17) is 14.2 Å². The lowest BCUT2D eigenvalue weighted by atomic mass is 10.1. The number of carbonyl (C=O) groups excluding carboxylic acids is 3. The summed E-state index contributed by atoms with van der Waals surface area (Å²) in [5.74, 6) is -0.384. The van der Waals surface area contributed by atoms with Crippen LogP contribution in [0.5, 0.6) is 11.5 Å². The van der Waals surface area contributed by atoms with E-state index in [9.17, 15) is 14.4 Å². The summed E-state index contributed by atoms with van der Waals surface area (Å²) < 4.78 is 16.2. The Balaban J connectivity index is 1.42. The van der Waals surface area contributed by atoms with Crippen molar-refractivity contribution >= 4 is 17.7 Å². The van der Waals surface area contributed by atoms with Crippen LogP contribution in [0.1, 0.15) is 36.6 Å². The first kappa shape index (κ1) is 22.1. The van der Waals surface area contributed by atoms with Gasteiger partial charge in [0.15, 0.2) is 23.9 Å². The predicted molar refractivity (Wildman–Crippen MR) is 121 cm³/mol. The van der Waals surface area contributed by atoms with Gasteiger partial charge >= 0.3 is 5.97 Å². The molecule has 0 atom stereocenters. The lowest BCUT2D eigenvalue weighted by molar-refractivity contribution is 0.0470. The molecule has 0 unspecified atom stereocenters. The van der Waals surface area contributed by atoms with Crippen molar-refractivity contribution in [2.45, 2.75) is 6.54 Å². The third-order valence-corrected chi connectivity index (χ3v) is 5.19. The van der Waals surface area contributed by atoms with Gasteiger partial charge < -0.3 is 19.1 Å².